The molecule has 0 bridgehead atoms. The Morgan fingerprint density at radius 2 is 1.25 bits per heavy atom. The van der Waals surface area contributed by atoms with Gasteiger partial charge in [-0.25, -0.2) is 0 Å². The number of piperazine rings is 1. The van der Waals surface area contributed by atoms with Crippen LogP contribution in [0.3, 0.4) is 0 Å². The predicted molar refractivity (Wildman–Crippen MR) is 75.3 cm³/mol. The molecule has 2 amide bonds. The van der Waals surface area contributed by atoms with Gasteiger partial charge < -0.3 is 19.3 Å². The van der Waals surface area contributed by atoms with E-state index in [2.05, 4.69) is 0 Å². The van der Waals surface area contributed by atoms with Gasteiger partial charge in [0.25, 0.3) is 11.8 Å². The molecule has 6 nitrogen and oxygen atoms in total. The first-order valence-corrected chi connectivity index (χ1v) is 7.12. The van der Waals surface area contributed by atoms with Crippen molar-refractivity contribution in [1.29, 1.82) is 0 Å². The Balaban J connectivity index is 2.46. The monoisotopic (exact) mass is 286 g/mol. The summed E-state index contributed by atoms with van der Waals surface area (Å²) in [7, 11) is 1.52. The third-order valence-corrected chi connectivity index (χ3v) is 3.43. The minimum absolute atomic E-state index is 0.00871. The van der Waals surface area contributed by atoms with Gasteiger partial charge in [-0.05, 0) is 27.7 Å². The highest BCUT2D eigenvalue weighted by molar-refractivity contribution is 5.82. The molecule has 0 radical (unpaired) electrons. The largest absolute Gasteiger partial charge is 0.372 e. The predicted octanol–water partition coefficient (Wildman–Crippen LogP) is 0.506. The molecule has 1 heterocycles. The summed E-state index contributed by atoms with van der Waals surface area (Å²) < 4.78 is 10.5. The van der Waals surface area contributed by atoms with Crippen LogP contribution in [0.2, 0.25) is 0 Å². The van der Waals surface area contributed by atoms with Crippen molar-refractivity contribution in [1.82, 2.24) is 9.80 Å². The van der Waals surface area contributed by atoms with Crippen molar-refractivity contribution in [2.24, 2.45) is 0 Å². The highest BCUT2D eigenvalue weighted by Crippen LogP contribution is 2.09. The second-order valence-electron chi connectivity index (χ2n) is 5.36. The first-order chi connectivity index (χ1) is 9.36. The number of hydrogen-bond donors (Lipinski definition) is 0. The summed E-state index contributed by atoms with van der Waals surface area (Å²) >= 11 is 0. The van der Waals surface area contributed by atoms with Crippen LogP contribution in [0.15, 0.2) is 0 Å². The van der Waals surface area contributed by atoms with Crippen molar-refractivity contribution in [3.05, 3.63) is 0 Å². The summed E-state index contributed by atoms with van der Waals surface area (Å²) in [5, 5.41) is 0. The van der Waals surface area contributed by atoms with Crippen molar-refractivity contribution in [2.75, 3.05) is 33.3 Å². The molecule has 2 unspecified atom stereocenters. The lowest BCUT2D eigenvalue weighted by molar-refractivity contribution is -0.151. The standard InChI is InChI=1S/C14H26N2O4/c1-10(2)20-12(4)14(18)16-8-6-15(7-9-16)13(17)11(3)19-5/h10-12H,6-9H2,1-5H3. The zero-order valence-corrected chi connectivity index (χ0v) is 13.1. The number of carbonyl (C=O) groups excluding carboxylic acids is 2. The maximum Gasteiger partial charge on any atom is 0.251 e. The van der Waals surface area contributed by atoms with Gasteiger partial charge in [0.05, 0.1) is 6.10 Å². The first-order valence-electron chi connectivity index (χ1n) is 7.12. The van der Waals surface area contributed by atoms with E-state index >= 15 is 0 Å². The van der Waals surface area contributed by atoms with Gasteiger partial charge in [-0.1, -0.05) is 0 Å². The van der Waals surface area contributed by atoms with Crippen LogP contribution in [0.5, 0.6) is 0 Å². The highest BCUT2D eigenvalue weighted by atomic mass is 16.5. The summed E-state index contributed by atoms with van der Waals surface area (Å²) in [6, 6.07) is 0. The van der Waals surface area contributed by atoms with E-state index in [1.165, 1.54) is 7.11 Å². The van der Waals surface area contributed by atoms with Crippen LogP contribution in [0.25, 0.3) is 0 Å². The maximum atomic E-state index is 12.2. The maximum absolute atomic E-state index is 12.2. The summed E-state index contributed by atoms with van der Waals surface area (Å²) in [6.45, 7) is 9.52. The van der Waals surface area contributed by atoms with Crippen LogP contribution < -0.4 is 0 Å². The average molecular weight is 286 g/mol. The van der Waals surface area contributed by atoms with Crippen molar-refractivity contribution in [3.63, 3.8) is 0 Å². The van der Waals surface area contributed by atoms with Crippen LogP contribution in [0.1, 0.15) is 27.7 Å². The number of nitrogens with zero attached hydrogens (tertiary/aromatic N) is 2. The minimum Gasteiger partial charge on any atom is -0.372 e. The average Bonchev–Trinajstić information content (AvgIpc) is 2.44. The molecular weight excluding hydrogens is 260 g/mol. The molecule has 0 aromatic carbocycles. The second kappa shape index (κ2) is 7.59. The van der Waals surface area contributed by atoms with Gasteiger partial charge in [-0.15, -0.1) is 0 Å². The Hall–Kier alpha value is -1.14. The Labute approximate surface area is 121 Å². The molecule has 0 N–H and O–H groups in total. The van der Waals surface area contributed by atoms with Gasteiger partial charge in [0.1, 0.15) is 12.2 Å². The molecular formula is C14H26N2O4. The van der Waals surface area contributed by atoms with Crippen LogP contribution in [0.4, 0.5) is 0 Å². The molecule has 0 aromatic rings. The highest BCUT2D eigenvalue weighted by Gasteiger charge is 2.29. The Kier molecular flexibility index (Phi) is 6.42. The van der Waals surface area contributed by atoms with E-state index < -0.39 is 12.2 Å². The topological polar surface area (TPSA) is 59.1 Å². The van der Waals surface area contributed by atoms with Gasteiger partial charge >= 0.3 is 0 Å². The van der Waals surface area contributed by atoms with E-state index in [0.717, 1.165) is 0 Å². The lowest BCUT2D eigenvalue weighted by Crippen LogP contribution is -2.54. The molecule has 20 heavy (non-hydrogen) atoms. The van der Waals surface area contributed by atoms with Crippen LogP contribution in [-0.2, 0) is 19.1 Å². The van der Waals surface area contributed by atoms with E-state index in [1.807, 2.05) is 13.8 Å². The normalized spacial score (nSPS) is 19.1. The van der Waals surface area contributed by atoms with Crippen molar-refractivity contribution in [3.8, 4) is 0 Å². The van der Waals surface area contributed by atoms with Crippen LogP contribution in [-0.4, -0.2) is 73.2 Å². The molecule has 1 aliphatic heterocycles. The molecule has 0 aromatic heterocycles. The first kappa shape index (κ1) is 16.9. The second-order valence-corrected chi connectivity index (χ2v) is 5.36. The quantitative estimate of drug-likeness (QED) is 0.739. The number of hydrogen-bond acceptors (Lipinski definition) is 4. The summed E-state index contributed by atoms with van der Waals surface area (Å²) in [6.07, 6.45) is -0.838. The van der Waals surface area contributed by atoms with E-state index in [1.54, 1.807) is 23.6 Å². The fourth-order valence-corrected chi connectivity index (χ4v) is 2.23. The lowest BCUT2D eigenvalue weighted by atomic mass is 10.2. The van der Waals surface area contributed by atoms with Gasteiger partial charge in [0.2, 0.25) is 0 Å². The molecule has 0 saturated carbocycles. The number of ether oxygens (including phenoxy) is 2. The molecule has 2 atom stereocenters. The van der Waals surface area contributed by atoms with Gasteiger partial charge in [0, 0.05) is 33.3 Å². The van der Waals surface area contributed by atoms with Crippen LogP contribution in [0, 0.1) is 0 Å². The number of carbonyl (C=O) groups is 2. The summed E-state index contributed by atoms with van der Waals surface area (Å²) in [4.78, 5) is 27.6. The minimum atomic E-state index is -0.435. The van der Waals surface area contributed by atoms with Crippen molar-refractivity contribution < 1.29 is 19.1 Å². The molecule has 1 fully saturated rings. The third-order valence-electron chi connectivity index (χ3n) is 3.43. The third kappa shape index (κ3) is 4.45. The van der Waals surface area contributed by atoms with E-state index in [0.29, 0.717) is 26.2 Å². The number of methoxy groups -OCH3 is 1. The zero-order valence-electron chi connectivity index (χ0n) is 13.1. The van der Waals surface area contributed by atoms with Crippen LogP contribution >= 0.6 is 0 Å². The summed E-state index contributed by atoms with van der Waals surface area (Å²) in [5.41, 5.74) is 0. The van der Waals surface area contributed by atoms with E-state index in [9.17, 15) is 9.59 Å². The fraction of sp³-hybridized carbons (Fsp3) is 0.857. The van der Waals surface area contributed by atoms with Gasteiger partial charge in [-0.2, -0.15) is 0 Å². The zero-order chi connectivity index (χ0) is 15.3. The Morgan fingerprint density at radius 1 is 0.850 bits per heavy atom. The molecule has 1 rings (SSSR count). The molecule has 116 valence electrons. The van der Waals surface area contributed by atoms with E-state index in [-0.39, 0.29) is 17.9 Å². The number of rotatable bonds is 5. The fourth-order valence-electron chi connectivity index (χ4n) is 2.23. The van der Waals surface area contributed by atoms with Gasteiger partial charge in [-0.3, -0.25) is 9.59 Å². The molecule has 0 aliphatic carbocycles. The van der Waals surface area contributed by atoms with Gasteiger partial charge in [0.15, 0.2) is 0 Å². The Bertz CT molecular complexity index is 338. The molecule has 6 heteroatoms. The van der Waals surface area contributed by atoms with E-state index in [4.69, 9.17) is 9.47 Å². The van der Waals surface area contributed by atoms with Crippen molar-refractivity contribution >= 4 is 11.8 Å². The SMILES string of the molecule is COC(C)C(=O)N1CCN(C(=O)C(C)OC(C)C)CC1. The summed E-state index contributed by atoms with van der Waals surface area (Å²) in [5.74, 6) is -0.0309. The smallest absolute Gasteiger partial charge is 0.251 e. The lowest BCUT2D eigenvalue weighted by Gasteiger charge is -2.36. The number of amides is 2. The molecule has 0 spiro atoms. The molecule has 1 aliphatic rings. The Morgan fingerprint density at radius 3 is 1.60 bits per heavy atom. The van der Waals surface area contributed by atoms with Crippen molar-refractivity contribution in [2.45, 2.75) is 46.0 Å². The molecule has 1 saturated heterocycles.